The zero-order valence-electron chi connectivity index (χ0n) is 23.2. The molecule has 0 unspecified atom stereocenters. The fourth-order valence-corrected chi connectivity index (χ4v) is 4.51. The molecule has 1 aromatic heterocycles. The van der Waals surface area contributed by atoms with Gasteiger partial charge in [-0.05, 0) is 38.0 Å². The van der Waals surface area contributed by atoms with Crippen LogP contribution in [0.3, 0.4) is 0 Å². The van der Waals surface area contributed by atoms with Crippen molar-refractivity contribution < 1.29 is 33.0 Å². The summed E-state index contributed by atoms with van der Waals surface area (Å²) in [6, 6.07) is 8.85. The number of benzene rings is 1. The maximum absolute atomic E-state index is 13.6. The number of rotatable bonds is 13. The zero-order valence-corrected chi connectivity index (χ0v) is 23.2. The maximum atomic E-state index is 13.6. The highest BCUT2D eigenvalue weighted by molar-refractivity contribution is 5.98. The molecule has 4 rings (SSSR count). The Morgan fingerprint density at radius 2 is 1.66 bits per heavy atom. The van der Waals surface area contributed by atoms with E-state index < -0.39 is 41.4 Å². The van der Waals surface area contributed by atoms with Crippen molar-refractivity contribution in [1.82, 2.24) is 25.8 Å². The lowest BCUT2D eigenvalue weighted by molar-refractivity contribution is -0.134. The maximum Gasteiger partial charge on any atom is 0.243 e. The Labute approximate surface area is 238 Å². The van der Waals surface area contributed by atoms with Crippen LogP contribution in [0.1, 0.15) is 25.1 Å². The van der Waals surface area contributed by atoms with Gasteiger partial charge in [-0.25, -0.2) is 4.39 Å². The van der Waals surface area contributed by atoms with Crippen LogP contribution in [-0.2, 0) is 41.5 Å². The van der Waals surface area contributed by atoms with Crippen molar-refractivity contribution in [3.8, 4) is 0 Å². The first-order chi connectivity index (χ1) is 19.6. The number of pyridine rings is 1. The van der Waals surface area contributed by atoms with Crippen molar-refractivity contribution >= 4 is 23.5 Å². The molecule has 0 spiro atoms. The lowest BCUT2D eigenvalue weighted by Crippen LogP contribution is -2.57. The molecule has 11 nitrogen and oxygen atoms in total. The van der Waals surface area contributed by atoms with Crippen molar-refractivity contribution in [1.29, 1.82) is 0 Å². The van der Waals surface area contributed by atoms with Gasteiger partial charge in [-0.3, -0.25) is 29.1 Å². The summed E-state index contributed by atoms with van der Waals surface area (Å²) in [7, 11) is 0. The van der Waals surface area contributed by atoms with E-state index in [1.165, 1.54) is 19.1 Å². The molecular formula is C29H36FN5O6. The molecule has 12 heteroatoms. The molecule has 2 aliphatic heterocycles. The Kier molecular flexibility index (Phi) is 10.1. The van der Waals surface area contributed by atoms with E-state index in [4.69, 9.17) is 9.47 Å². The second-order valence-electron chi connectivity index (χ2n) is 10.5. The van der Waals surface area contributed by atoms with Gasteiger partial charge in [0.15, 0.2) is 5.78 Å². The number of ether oxygens (including phenoxy) is 2. The number of hydrogen-bond donors (Lipinski definition) is 3. The Hall–Kier alpha value is -3.74. The summed E-state index contributed by atoms with van der Waals surface area (Å²) < 4.78 is 24.1. The van der Waals surface area contributed by atoms with Crippen molar-refractivity contribution in [3.63, 3.8) is 0 Å². The van der Waals surface area contributed by atoms with Gasteiger partial charge in [0, 0.05) is 25.2 Å². The lowest BCUT2D eigenvalue weighted by Gasteiger charge is -2.27. The van der Waals surface area contributed by atoms with Gasteiger partial charge >= 0.3 is 0 Å². The number of epoxide rings is 1. The standard InChI is InChI=1S/C29H36FN5O6/c1-19(32-25(36)17-35-10-12-40-13-11-35)27(38)34-24(15-22-9-8-21(30)16-31-22)28(39)33-23(26(37)29(2)18-41-29)14-20-6-4-3-5-7-20/h3-9,16,19,23-24H,10-15,17-18H2,1-2H3,(H,32,36)(H,33,39)(H,34,38)/t19-,23-,24-,29+/m0/s1. The number of hydrogen-bond acceptors (Lipinski definition) is 8. The van der Waals surface area contributed by atoms with Crippen LogP contribution in [0.4, 0.5) is 4.39 Å². The number of aromatic nitrogens is 1. The molecule has 220 valence electrons. The SMILES string of the molecule is C[C@H](NC(=O)CN1CCOCC1)C(=O)N[C@@H](Cc1ccc(F)cn1)C(=O)N[C@@H](Cc1ccccc1)C(=O)[C@@]1(C)CO1. The number of carbonyl (C=O) groups excluding carboxylic acids is 4. The van der Waals surface area contributed by atoms with Crippen molar-refractivity contribution in [2.45, 2.75) is 50.4 Å². The number of nitrogens with one attached hydrogen (secondary N) is 3. The predicted octanol–water partition coefficient (Wildman–Crippen LogP) is 0.170. The topological polar surface area (TPSA) is 142 Å². The van der Waals surface area contributed by atoms with E-state index in [1.54, 1.807) is 6.92 Å². The minimum absolute atomic E-state index is 0.0632. The highest BCUT2D eigenvalue weighted by Gasteiger charge is 2.50. The van der Waals surface area contributed by atoms with E-state index in [9.17, 15) is 23.6 Å². The molecule has 2 saturated heterocycles. The number of ketones is 1. The van der Waals surface area contributed by atoms with E-state index in [0.717, 1.165) is 11.8 Å². The summed E-state index contributed by atoms with van der Waals surface area (Å²) >= 11 is 0. The molecule has 2 aliphatic rings. The molecule has 3 amide bonds. The van der Waals surface area contributed by atoms with Gasteiger partial charge in [-0.15, -0.1) is 0 Å². The zero-order chi connectivity index (χ0) is 29.4. The molecule has 2 aromatic rings. The van der Waals surface area contributed by atoms with Crippen molar-refractivity contribution in [2.24, 2.45) is 0 Å². The van der Waals surface area contributed by atoms with E-state index >= 15 is 0 Å². The first-order valence-corrected chi connectivity index (χ1v) is 13.7. The lowest BCUT2D eigenvalue weighted by atomic mass is 9.94. The average molecular weight is 570 g/mol. The fourth-order valence-electron chi connectivity index (χ4n) is 4.51. The van der Waals surface area contributed by atoms with E-state index in [1.807, 2.05) is 35.2 Å². The molecule has 2 fully saturated rings. The van der Waals surface area contributed by atoms with Gasteiger partial charge < -0.3 is 25.4 Å². The van der Waals surface area contributed by atoms with Crippen LogP contribution in [0.2, 0.25) is 0 Å². The summed E-state index contributed by atoms with van der Waals surface area (Å²) in [5.74, 6) is -2.35. The Morgan fingerprint density at radius 1 is 0.976 bits per heavy atom. The molecule has 0 radical (unpaired) electrons. The van der Waals surface area contributed by atoms with Crippen molar-refractivity contribution in [3.05, 3.63) is 65.7 Å². The summed E-state index contributed by atoms with van der Waals surface area (Å²) in [5, 5.41) is 8.13. The molecule has 0 bridgehead atoms. The fraction of sp³-hybridized carbons (Fsp3) is 0.483. The third-order valence-electron chi connectivity index (χ3n) is 7.09. The van der Waals surface area contributed by atoms with Crippen LogP contribution in [0, 0.1) is 5.82 Å². The number of Topliss-reactive ketones (excluding diaryl/α,β-unsaturated/α-hetero) is 1. The van der Waals surface area contributed by atoms with Gasteiger partial charge in [0.1, 0.15) is 23.5 Å². The summed E-state index contributed by atoms with van der Waals surface area (Å²) in [6.45, 7) is 5.88. The van der Waals surface area contributed by atoms with Crippen LogP contribution in [0.25, 0.3) is 0 Å². The number of amides is 3. The Morgan fingerprint density at radius 3 is 2.29 bits per heavy atom. The van der Waals surface area contributed by atoms with Crippen LogP contribution in [0.15, 0.2) is 48.7 Å². The van der Waals surface area contributed by atoms with Gasteiger partial charge in [-0.1, -0.05) is 30.3 Å². The minimum Gasteiger partial charge on any atom is -0.379 e. The summed E-state index contributed by atoms with van der Waals surface area (Å²) in [5.41, 5.74) is 0.218. The van der Waals surface area contributed by atoms with Gasteiger partial charge in [0.05, 0.1) is 38.6 Å². The Bertz CT molecular complexity index is 1220. The van der Waals surface area contributed by atoms with E-state index in [-0.39, 0.29) is 37.7 Å². The van der Waals surface area contributed by atoms with Crippen LogP contribution >= 0.6 is 0 Å². The second kappa shape index (κ2) is 13.7. The number of nitrogens with zero attached hydrogens (tertiary/aromatic N) is 2. The molecule has 3 heterocycles. The highest BCUT2D eigenvalue weighted by atomic mass is 19.1. The Balaban J connectivity index is 1.45. The van der Waals surface area contributed by atoms with E-state index in [2.05, 4.69) is 20.9 Å². The molecule has 4 atom stereocenters. The molecule has 1 aromatic carbocycles. The van der Waals surface area contributed by atoms with Crippen molar-refractivity contribution in [2.75, 3.05) is 39.5 Å². The van der Waals surface area contributed by atoms with Crippen LogP contribution in [0.5, 0.6) is 0 Å². The van der Waals surface area contributed by atoms with Crippen LogP contribution in [-0.4, -0.2) is 96.6 Å². The molecule has 0 aliphatic carbocycles. The molecular weight excluding hydrogens is 533 g/mol. The first-order valence-electron chi connectivity index (χ1n) is 13.7. The quantitative estimate of drug-likeness (QED) is 0.290. The number of morpholine rings is 1. The smallest absolute Gasteiger partial charge is 0.243 e. The molecule has 41 heavy (non-hydrogen) atoms. The second-order valence-corrected chi connectivity index (χ2v) is 10.5. The molecule has 0 saturated carbocycles. The summed E-state index contributed by atoms with van der Waals surface area (Å²) in [4.78, 5) is 58.4. The van der Waals surface area contributed by atoms with Gasteiger partial charge in [0.25, 0.3) is 0 Å². The van der Waals surface area contributed by atoms with Crippen LogP contribution < -0.4 is 16.0 Å². The molecule has 3 N–H and O–H groups in total. The third kappa shape index (κ3) is 8.87. The average Bonchev–Trinajstić information content (AvgIpc) is 3.72. The third-order valence-corrected chi connectivity index (χ3v) is 7.09. The predicted molar refractivity (Wildman–Crippen MR) is 146 cm³/mol. The van der Waals surface area contributed by atoms with Gasteiger partial charge in [-0.2, -0.15) is 0 Å². The first kappa shape index (κ1) is 30.2. The monoisotopic (exact) mass is 569 g/mol. The minimum atomic E-state index is -1.15. The highest BCUT2D eigenvalue weighted by Crippen LogP contribution is 2.29. The normalized spacial score (nSPS) is 20.8. The van der Waals surface area contributed by atoms with Gasteiger partial charge in [0.2, 0.25) is 17.7 Å². The van der Waals surface area contributed by atoms with E-state index in [0.29, 0.717) is 32.0 Å². The number of carbonyl (C=O) groups is 4. The number of halogens is 1. The largest absolute Gasteiger partial charge is 0.379 e. The summed E-state index contributed by atoms with van der Waals surface area (Å²) in [6.07, 6.45) is 1.19.